The third-order valence-electron chi connectivity index (χ3n) is 3.83. The lowest BCUT2D eigenvalue weighted by Gasteiger charge is -2.30. The van der Waals surface area contributed by atoms with Crippen LogP contribution in [0.5, 0.6) is 0 Å². The summed E-state index contributed by atoms with van der Waals surface area (Å²) in [5.74, 6) is 1.00. The van der Waals surface area contributed by atoms with Gasteiger partial charge < -0.3 is 0 Å². The van der Waals surface area contributed by atoms with Crippen LogP contribution in [0.1, 0.15) is 40.7 Å². The first-order valence-electron chi connectivity index (χ1n) is 6.44. The van der Waals surface area contributed by atoms with Gasteiger partial charge >= 0.3 is 0 Å². The van der Waals surface area contributed by atoms with E-state index in [2.05, 4.69) is 37.3 Å². The van der Waals surface area contributed by atoms with E-state index in [0.29, 0.717) is 18.3 Å². The molecule has 0 fully saturated rings. The quantitative estimate of drug-likeness (QED) is 0.730. The van der Waals surface area contributed by atoms with E-state index >= 15 is 0 Å². The fourth-order valence-electron chi connectivity index (χ4n) is 3.02. The Kier molecular flexibility index (Phi) is 2.75. The summed E-state index contributed by atoms with van der Waals surface area (Å²) in [6, 6.07) is 18.5. The molecule has 3 rings (SSSR count). The second-order valence-corrected chi connectivity index (χ2v) is 5.08. The summed E-state index contributed by atoms with van der Waals surface area (Å²) in [7, 11) is 0. The summed E-state index contributed by atoms with van der Waals surface area (Å²) < 4.78 is 0. The Balaban J connectivity index is 2.15. The van der Waals surface area contributed by atoms with Crippen molar-refractivity contribution in [3.8, 4) is 0 Å². The molecular formula is C17H16O. The number of Topliss-reactive ketones (excluding diaryl/α,β-unsaturated/α-hetero) is 1. The van der Waals surface area contributed by atoms with Gasteiger partial charge in [0.1, 0.15) is 0 Å². The zero-order valence-corrected chi connectivity index (χ0v) is 10.5. The molecule has 1 nitrogen and oxygen atoms in total. The second kappa shape index (κ2) is 4.41. The van der Waals surface area contributed by atoms with E-state index in [0.717, 1.165) is 5.56 Å². The molecule has 0 saturated heterocycles. The summed E-state index contributed by atoms with van der Waals surface area (Å²) in [6.45, 7) is 2.17. The number of carbonyl (C=O) groups excluding carboxylic acids is 1. The van der Waals surface area contributed by atoms with Gasteiger partial charge in [0, 0.05) is 17.9 Å². The Morgan fingerprint density at radius 3 is 2.39 bits per heavy atom. The molecule has 0 aliphatic heterocycles. The van der Waals surface area contributed by atoms with Crippen molar-refractivity contribution in [2.24, 2.45) is 5.92 Å². The Morgan fingerprint density at radius 2 is 1.61 bits per heavy atom. The maximum absolute atomic E-state index is 12.1. The van der Waals surface area contributed by atoms with Crippen molar-refractivity contribution in [2.75, 3.05) is 0 Å². The molecule has 1 aliphatic carbocycles. The minimum atomic E-state index is 0.283. The van der Waals surface area contributed by atoms with E-state index in [1.54, 1.807) is 0 Å². The van der Waals surface area contributed by atoms with Crippen LogP contribution in [0.25, 0.3) is 0 Å². The van der Waals surface area contributed by atoms with Gasteiger partial charge in [0.05, 0.1) is 0 Å². The van der Waals surface area contributed by atoms with Crippen molar-refractivity contribution in [1.82, 2.24) is 0 Å². The Bertz CT molecular complexity index is 571. The highest BCUT2D eigenvalue weighted by Crippen LogP contribution is 2.40. The molecule has 0 bridgehead atoms. The van der Waals surface area contributed by atoms with E-state index in [4.69, 9.17) is 0 Å². The van der Waals surface area contributed by atoms with Gasteiger partial charge in [-0.2, -0.15) is 0 Å². The summed E-state index contributed by atoms with van der Waals surface area (Å²) in [6.07, 6.45) is 0.649. The minimum Gasteiger partial charge on any atom is -0.294 e. The molecule has 0 heterocycles. The van der Waals surface area contributed by atoms with Crippen LogP contribution in [0.2, 0.25) is 0 Å². The molecule has 18 heavy (non-hydrogen) atoms. The van der Waals surface area contributed by atoms with Gasteiger partial charge in [0.2, 0.25) is 0 Å². The maximum atomic E-state index is 12.1. The largest absolute Gasteiger partial charge is 0.294 e. The molecule has 90 valence electrons. The van der Waals surface area contributed by atoms with Crippen molar-refractivity contribution >= 4 is 5.78 Å². The van der Waals surface area contributed by atoms with Crippen LogP contribution in [-0.2, 0) is 0 Å². The van der Waals surface area contributed by atoms with Gasteiger partial charge in [-0.05, 0) is 17.0 Å². The first kappa shape index (κ1) is 11.2. The smallest absolute Gasteiger partial charge is 0.163 e. The van der Waals surface area contributed by atoms with Crippen LogP contribution in [-0.4, -0.2) is 5.78 Å². The Labute approximate surface area is 107 Å². The molecule has 1 heteroatoms. The van der Waals surface area contributed by atoms with Gasteiger partial charge in [-0.1, -0.05) is 61.5 Å². The van der Waals surface area contributed by atoms with Gasteiger partial charge in [-0.3, -0.25) is 4.79 Å². The van der Waals surface area contributed by atoms with Crippen LogP contribution in [0.4, 0.5) is 0 Å². The highest BCUT2D eigenvalue weighted by molar-refractivity contribution is 5.99. The lowest BCUT2D eigenvalue weighted by molar-refractivity contribution is 0.0947. The molecule has 2 unspecified atom stereocenters. The third kappa shape index (κ3) is 1.76. The van der Waals surface area contributed by atoms with Gasteiger partial charge in [0.25, 0.3) is 0 Å². The molecule has 0 N–H and O–H groups in total. The van der Waals surface area contributed by atoms with Gasteiger partial charge in [0.15, 0.2) is 5.78 Å². The molecule has 0 spiro atoms. The second-order valence-electron chi connectivity index (χ2n) is 5.08. The Morgan fingerprint density at radius 1 is 0.944 bits per heavy atom. The zero-order chi connectivity index (χ0) is 12.5. The van der Waals surface area contributed by atoms with Crippen LogP contribution in [0.3, 0.4) is 0 Å². The van der Waals surface area contributed by atoms with E-state index in [1.807, 2.05) is 24.3 Å². The lowest BCUT2D eigenvalue weighted by atomic mass is 9.72. The van der Waals surface area contributed by atoms with Gasteiger partial charge in [-0.25, -0.2) is 0 Å². The van der Waals surface area contributed by atoms with Gasteiger partial charge in [-0.15, -0.1) is 0 Å². The maximum Gasteiger partial charge on any atom is 0.163 e. The molecule has 2 aromatic carbocycles. The van der Waals surface area contributed by atoms with Crippen LogP contribution in [0.15, 0.2) is 54.6 Å². The predicted molar refractivity (Wildman–Crippen MR) is 72.8 cm³/mol. The normalized spacial score (nSPS) is 22.6. The predicted octanol–water partition coefficient (Wildman–Crippen LogP) is 4.04. The highest BCUT2D eigenvalue weighted by Gasteiger charge is 2.31. The van der Waals surface area contributed by atoms with Crippen LogP contribution < -0.4 is 0 Å². The average molecular weight is 236 g/mol. The van der Waals surface area contributed by atoms with Crippen molar-refractivity contribution in [3.05, 3.63) is 71.3 Å². The molecule has 2 aromatic rings. The number of benzene rings is 2. The number of fused-ring (bicyclic) bond motifs is 1. The van der Waals surface area contributed by atoms with Crippen LogP contribution >= 0.6 is 0 Å². The summed E-state index contributed by atoms with van der Waals surface area (Å²) in [5, 5.41) is 0. The molecule has 0 aromatic heterocycles. The SMILES string of the molecule is CC1CC(=O)c2ccccc2C1c1ccccc1. The summed E-state index contributed by atoms with van der Waals surface area (Å²) in [4.78, 5) is 12.1. The van der Waals surface area contributed by atoms with Crippen molar-refractivity contribution < 1.29 is 4.79 Å². The van der Waals surface area contributed by atoms with Crippen LogP contribution in [0, 0.1) is 5.92 Å². The van der Waals surface area contributed by atoms with E-state index in [1.165, 1.54) is 11.1 Å². The monoisotopic (exact) mass is 236 g/mol. The number of rotatable bonds is 1. The molecule has 0 radical (unpaired) electrons. The van der Waals surface area contributed by atoms with Crippen molar-refractivity contribution in [1.29, 1.82) is 0 Å². The third-order valence-corrected chi connectivity index (χ3v) is 3.83. The molecule has 2 atom stereocenters. The fraction of sp³-hybridized carbons (Fsp3) is 0.235. The highest BCUT2D eigenvalue weighted by atomic mass is 16.1. The number of hydrogen-bond acceptors (Lipinski definition) is 1. The minimum absolute atomic E-state index is 0.283. The standard InChI is InChI=1S/C17H16O/c1-12-11-16(18)14-9-5-6-10-15(14)17(12)13-7-3-2-4-8-13/h2-10,12,17H,11H2,1H3. The number of carbonyl (C=O) groups is 1. The molecule has 1 aliphatic rings. The van der Waals surface area contributed by atoms with E-state index in [-0.39, 0.29) is 5.78 Å². The molecular weight excluding hydrogens is 220 g/mol. The molecule has 0 saturated carbocycles. The number of ketones is 1. The fourth-order valence-corrected chi connectivity index (χ4v) is 3.02. The zero-order valence-electron chi connectivity index (χ0n) is 10.5. The average Bonchev–Trinajstić information content (AvgIpc) is 2.40. The topological polar surface area (TPSA) is 17.1 Å². The lowest BCUT2D eigenvalue weighted by Crippen LogP contribution is -2.23. The number of hydrogen-bond donors (Lipinski definition) is 0. The summed E-state index contributed by atoms with van der Waals surface area (Å²) in [5.41, 5.74) is 3.40. The first-order valence-corrected chi connectivity index (χ1v) is 6.44. The Hall–Kier alpha value is -1.89. The first-order chi connectivity index (χ1) is 8.77. The summed E-state index contributed by atoms with van der Waals surface area (Å²) >= 11 is 0. The van der Waals surface area contributed by atoms with Crippen molar-refractivity contribution in [2.45, 2.75) is 19.3 Å². The van der Waals surface area contributed by atoms with Crippen molar-refractivity contribution in [3.63, 3.8) is 0 Å². The molecule has 0 amide bonds. The van der Waals surface area contributed by atoms with E-state index in [9.17, 15) is 4.79 Å². The van der Waals surface area contributed by atoms with E-state index < -0.39 is 0 Å².